The number of carbonyl (C=O) groups is 1. The van der Waals surface area contributed by atoms with Crippen molar-refractivity contribution in [3.05, 3.63) is 84.6 Å². The van der Waals surface area contributed by atoms with E-state index in [1.165, 1.54) is 0 Å². The number of fused-ring (bicyclic) bond motifs is 1. The molecular weight excluding hydrogens is 376 g/mol. The molecule has 0 aliphatic rings. The highest BCUT2D eigenvalue weighted by Crippen LogP contribution is 2.22. The summed E-state index contributed by atoms with van der Waals surface area (Å²) in [6.07, 6.45) is 2.58. The lowest BCUT2D eigenvalue weighted by molar-refractivity contribution is -0.121. The predicted molar refractivity (Wildman–Crippen MR) is 118 cm³/mol. The van der Waals surface area contributed by atoms with Crippen LogP contribution < -0.4 is 5.32 Å². The number of likely N-dealkylation sites (N-methyl/N-ethyl adjacent to an activating group) is 1. The van der Waals surface area contributed by atoms with E-state index in [9.17, 15) is 4.79 Å². The molecule has 1 unspecified atom stereocenters. The summed E-state index contributed by atoms with van der Waals surface area (Å²) in [4.78, 5) is 19.4. The molecule has 30 heavy (non-hydrogen) atoms. The Morgan fingerprint density at radius 3 is 2.57 bits per heavy atom. The Bertz CT molecular complexity index is 1100. The SMILES string of the molecule is CN(C)C(CNC(=O)CCc1nc2ccccc2n1-c1ccccc1)c1ccco1. The van der Waals surface area contributed by atoms with Crippen LogP contribution in [0.5, 0.6) is 0 Å². The molecule has 2 aromatic carbocycles. The molecule has 1 atom stereocenters. The van der Waals surface area contributed by atoms with Gasteiger partial charge in [-0.15, -0.1) is 0 Å². The van der Waals surface area contributed by atoms with Gasteiger partial charge in [0.1, 0.15) is 11.6 Å². The third kappa shape index (κ3) is 4.28. The molecule has 0 aliphatic carbocycles. The topological polar surface area (TPSA) is 63.3 Å². The van der Waals surface area contributed by atoms with Crippen LogP contribution in [0.3, 0.4) is 0 Å². The monoisotopic (exact) mass is 402 g/mol. The number of furan rings is 1. The largest absolute Gasteiger partial charge is 0.468 e. The van der Waals surface area contributed by atoms with Gasteiger partial charge in [0.2, 0.25) is 5.91 Å². The molecular formula is C24H26N4O2. The highest BCUT2D eigenvalue weighted by molar-refractivity contribution is 5.79. The van der Waals surface area contributed by atoms with Crippen molar-refractivity contribution in [3.8, 4) is 5.69 Å². The molecule has 0 fully saturated rings. The summed E-state index contributed by atoms with van der Waals surface area (Å²) >= 11 is 0. The molecule has 0 bridgehead atoms. The minimum absolute atomic E-state index is 0.0000684. The number of aromatic nitrogens is 2. The molecule has 0 saturated carbocycles. The molecule has 0 saturated heterocycles. The fourth-order valence-corrected chi connectivity index (χ4v) is 3.65. The molecule has 6 heteroatoms. The molecule has 2 heterocycles. The zero-order chi connectivity index (χ0) is 20.9. The van der Waals surface area contributed by atoms with Crippen LogP contribution in [0.25, 0.3) is 16.7 Å². The summed E-state index contributed by atoms with van der Waals surface area (Å²) in [6, 6.07) is 22.0. The molecule has 0 aliphatic heterocycles. The maximum atomic E-state index is 12.6. The van der Waals surface area contributed by atoms with Crippen molar-refractivity contribution in [3.63, 3.8) is 0 Å². The number of nitrogens with one attached hydrogen (secondary N) is 1. The predicted octanol–water partition coefficient (Wildman–Crippen LogP) is 3.97. The zero-order valence-corrected chi connectivity index (χ0v) is 17.3. The quantitative estimate of drug-likeness (QED) is 0.484. The average Bonchev–Trinajstić information content (AvgIpc) is 3.40. The fraction of sp³-hybridized carbons (Fsp3) is 0.250. The van der Waals surface area contributed by atoms with Crippen LogP contribution in [0.4, 0.5) is 0 Å². The zero-order valence-electron chi connectivity index (χ0n) is 17.3. The Balaban J connectivity index is 1.47. The summed E-state index contributed by atoms with van der Waals surface area (Å²) < 4.78 is 7.64. The van der Waals surface area contributed by atoms with Crippen LogP contribution in [0.1, 0.15) is 24.0 Å². The van der Waals surface area contributed by atoms with E-state index >= 15 is 0 Å². The van der Waals surface area contributed by atoms with Crippen molar-refractivity contribution in [1.82, 2.24) is 19.8 Å². The minimum atomic E-state index is -0.00200. The Labute approximate surface area is 176 Å². The van der Waals surface area contributed by atoms with E-state index in [0.29, 0.717) is 19.4 Å². The van der Waals surface area contributed by atoms with Crippen LogP contribution in [0, 0.1) is 0 Å². The second-order valence-electron chi connectivity index (χ2n) is 7.49. The van der Waals surface area contributed by atoms with Gasteiger partial charge in [0.15, 0.2) is 0 Å². The van der Waals surface area contributed by atoms with Crippen LogP contribution in [0.15, 0.2) is 77.4 Å². The number of benzene rings is 2. The second-order valence-corrected chi connectivity index (χ2v) is 7.49. The summed E-state index contributed by atoms with van der Waals surface area (Å²) in [5.74, 6) is 1.72. The third-order valence-corrected chi connectivity index (χ3v) is 5.21. The summed E-state index contributed by atoms with van der Waals surface area (Å²) in [7, 11) is 3.95. The van der Waals surface area contributed by atoms with Crippen molar-refractivity contribution < 1.29 is 9.21 Å². The molecule has 0 radical (unpaired) electrons. The number of carbonyl (C=O) groups excluding carboxylic acids is 1. The molecule has 1 N–H and O–H groups in total. The Hall–Kier alpha value is -3.38. The Morgan fingerprint density at radius 1 is 1.07 bits per heavy atom. The lowest BCUT2D eigenvalue weighted by atomic mass is 10.2. The van der Waals surface area contributed by atoms with E-state index in [1.54, 1.807) is 6.26 Å². The van der Waals surface area contributed by atoms with Crippen molar-refractivity contribution in [1.29, 1.82) is 0 Å². The van der Waals surface area contributed by atoms with Crippen LogP contribution >= 0.6 is 0 Å². The summed E-state index contributed by atoms with van der Waals surface area (Å²) in [5.41, 5.74) is 3.03. The van der Waals surface area contributed by atoms with E-state index < -0.39 is 0 Å². The van der Waals surface area contributed by atoms with Crippen LogP contribution in [0.2, 0.25) is 0 Å². The van der Waals surface area contributed by atoms with Gasteiger partial charge in [-0.2, -0.15) is 0 Å². The van der Waals surface area contributed by atoms with E-state index in [1.807, 2.05) is 67.5 Å². The van der Waals surface area contributed by atoms with E-state index in [0.717, 1.165) is 28.3 Å². The molecule has 1 amide bonds. The van der Waals surface area contributed by atoms with Crippen LogP contribution in [-0.4, -0.2) is 41.0 Å². The van der Waals surface area contributed by atoms with E-state index in [2.05, 4.69) is 28.1 Å². The van der Waals surface area contributed by atoms with Gasteiger partial charge in [-0.25, -0.2) is 4.98 Å². The molecule has 154 valence electrons. The molecule has 4 rings (SSSR count). The molecule has 2 aromatic heterocycles. The number of amides is 1. The van der Waals surface area contributed by atoms with Gasteiger partial charge in [-0.3, -0.25) is 14.3 Å². The fourth-order valence-electron chi connectivity index (χ4n) is 3.65. The number of para-hydroxylation sites is 3. The van der Waals surface area contributed by atoms with Gasteiger partial charge in [0, 0.05) is 25.1 Å². The maximum absolute atomic E-state index is 12.6. The lowest BCUT2D eigenvalue weighted by Crippen LogP contribution is -2.34. The van der Waals surface area contributed by atoms with E-state index in [-0.39, 0.29) is 11.9 Å². The number of hydrogen-bond donors (Lipinski definition) is 1. The van der Waals surface area contributed by atoms with Gasteiger partial charge in [-0.1, -0.05) is 30.3 Å². The molecule has 4 aromatic rings. The second kappa shape index (κ2) is 8.97. The van der Waals surface area contributed by atoms with Gasteiger partial charge < -0.3 is 9.73 Å². The highest BCUT2D eigenvalue weighted by Gasteiger charge is 2.18. The number of imidazole rings is 1. The average molecular weight is 402 g/mol. The first kappa shape index (κ1) is 19.9. The first-order valence-electron chi connectivity index (χ1n) is 10.1. The number of rotatable bonds is 8. The maximum Gasteiger partial charge on any atom is 0.220 e. The molecule has 6 nitrogen and oxygen atoms in total. The Kier molecular flexibility index (Phi) is 5.95. The molecule has 0 spiro atoms. The number of nitrogens with zero attached hydrogens (tertiary/aromatic N) is 3. The standard InChI is InChI=1S/C24H26N4O2/c1-27(2)21(22-13-8-16-30-22)17-25-24(29)15-14-23-26-19-11-6-7-12-20(19)28(23)18-9-4-3-5-10-18/h3-13,16,21H,14-15,17H2,1-2H3,(H,25,29). The van der Waals surface area contributed by atoms with Crippen LogP contribution in [-0.2, 0) is 11.2 Å². The third-order valence-electron chi connectivity index (χ3n) is 5.21. The normalized spacial score (nSPS) is 12.4. The number of aryl methyl sites for hydroxylation is 1. The smallest absolute Gasteiger partial charge is 0.220 e. The summed E-state index contributed by atoms with van der Waals surface area (Å²) in [6.45, 7) is 0.494. The Morgan fingerprint density at radius 2 is 1.83 bits per heavy atom. The lowest BCUT2D eigenvalue weighted by Gasteiger charge is -2.22. The van der Waals surface area contributed by atoms with Gasteiger partial charge in [-0.05, 0) is 50.5 Å². The van der Waals surface area contributed by atoms with Crippen molar-refractivity contribution >= 4 is 16.9 Å². The first-order valence-corrected chi connectivity index (χ1v) is 10.1. The van der Waals surface area contributed by atoms with Crippen molar-refractivity contribution in [2.24, 2.45) is 0 Å². The highest BCUT2D eigenvalue weighted by atomic mass is 16.3. The number of hydrogen-bond acceptors (Lipinski definition) is 4. The van der Waals surface area contributed by atoms with Crippen molar-refractivity contribution in [2.75, 3.05) is 20.6 Å². The van der Waals surface area contributed by atoms with Gasteiger partial charge in [0.25, 0.3) is 0 Å². The summed E-state index contributed by atoms with van der Waals surface area (Å²) in [5, 5.41) is 3.04. The minimum Gasteiger partial charge on any atom is -0.468 e. The first-order chi connectivity index (χ1) is 14.6. The van der Waals surface area contributed by atoms with Gasteiger partial charge >= 0.3 is 0 Å². The van der Waals surface area contributed by atoms with Gasteiger partial charge in [0.05, 0.1) is 23.3 Å². The van der Waals surface area contributed by atoms with Crippen molar-refractivity contribution in [2.45, 2.75) is 18.9 Å². The van der Waals surface area contributed by atoms with E-state index in [4.69, 9.17) is 9.40 Å².